The summed E-state index contributed by atoms with van der Waals surface area (Å²) in [5, 5.41) is 2.03. The van der Waals surface area contributed by atoms with Crippen molar-refractivity contribution < 1.29 is 13.6 Å². The summed E-state index contributed by atoms with van der Waals surface area (Å²) in [6.07, 6.45) is 0.559. The van der Waals surface area contributed by atoms with Crippen molar-refractivity contribution in [3.05, 3.63) is 53.6 Å². The van der Waals surface area contributed by atoms with Gasteiger partial charge in [-0.25, -0.2) is 8.78 Å². The molecule has 0 aliphatic carbocycles. The number of nitrogens with two attached hydrogens (primary N) is 1. The highest BCUT2D eigenvalue weighted by molar-refractivity contribution is 8.01. The molecule has 2 aromatic carbocycles. The zero-order chi connectivity index (χ0) is 15.0. The van der Waals surface area contributed by atoms with Crippen molar-refractivity contribution in [2.45, 2.75) is 16.6 Å². The van der Waals surface area contributed by atoms with E-state index in [-0.39, 0.29) is 22.5 Å². The van der Waals surface area contributed by atoms with Gasteiger partial charge in [0.2, 0.25) is 5.91 Å². The van der Waals surface area contributed by atoms with E-state index in [1.54, 1.807) is 0 Å². The van der Waals surface area contributed by atoms with Gasteiger partial charge < -0.3 is 11.1 Å². The monoisotopic (exact) mass is 306 g/mol. The Bertz CT molecular complexity index is 696. The summed E-state index contributed by atoms with van der Waals surface area (Å²) in [4.78, 5) is 13.3. The van der Waals surface area contributed by atoms with Gasteiger partial charge in [-0.1, -0.05) is 18.2 Å². The summed E-state index contributed by atoms with van der Waals surface area (Å²) in [6.45, 7) is 0. The van der Waals surface area contributed by atoms with Crippen molar-refractivity contribution in [3.63, 3.8) is 0 Å². The lowest BCUT2D eigenvalue weighted by Gasteiger charge is -2.12. The highest BCUT2D eigenvalue weighted by Gasteiger charge is 2.29. The van der Waals surface area contributed by atoms with Gasteiger partial charge in [-0.05, 0) is 30.2 Å². The van der Waals surface area contributed by atoms with Crippen LogP contribution in [0.15, 0.2) is 41.3 Å². The third kappa shape index (κ3) is 2.58. The molecule has 1 atom stereocenters. The highest BCUT2D eigenvalue weighted by Crippen LogP contribution is 2.37. The lowest BCUT2D eigenvalue weighted by molar-refractivity contribution is -0.115. The molecule has 0 saturated carbocycles. The number of nitrogen functional groups attached to an aromatic ring is 1. The first-order valence-corrected chi connectivity index (χ1v) is 7.23. The largest absolute Gasteiger partial charge is 0.397 e. The molecule has 6 heteroatoms. The van der Waals surface area contributed by atoms with Crippen molar-refractivity contribution in [2.75, 3.05) is 11.1 Å². The van der Waals surface area contributed by atoms with Crippen LogP contribution in [0.4, 0.5) is 20.2 Å². The molecule has 1 aliphatic rings. The Kier molecular flexibility index (Phi) is 3.55. The molecule has 1 heterocycles. The number of anilines is 2. The average molecular weight is 306 g/mol. The Morgan fingerprint density at radius 3 is 2.76 bits per heavy atom. The fourth-order valence-corrected chi connectivity index (χ4v) is 3.42. The fourth-order valence-electron chi connectivity index (χ4n) is 2.22. The lowest BCUT2D eigenvalue weighted by atomic mass is 10.1. The highest BCUT2D eigenvalue weighted by atomic mass is 32.2. The smallest absolute Gasteiger partial charge is 0.238 e. The molecule has 0 spiro atoms. The SMILES string of the molecule is Nc1ccc(F)c(F)c1NC(=O)C1Cc2ccccc2S1. The summed E-state index contributed by atoms with van der Waals surface area (Å²) >= 11 is 1.41. The molecule has 2 aromatic rings. The van der Waals surface area contributed by atoms with Gasteiger partial charge in [0.1, 0.15) is 5.69 Å². The zero-order valence-electron chi connectivity index (χ0n) is 10.9. The summed E-state index contributed by atoms with van der Waals surface area (Å²) in [5.41, 5.74) is 6.38. The van der Waals surface area contributed by atoms with Crippen molar-refractivity contribution in [2.24, 2.45) is 0 Å². The Morgan fingerprint density at radius 1 is 1.24 bits per heavy atom. The van der Waals surface area contributed by atoms with Crippen LogP contribution >= 0.6 is 11.8 Å². The van der Waals surface area contributed by atoms with E-state index in [0.717, 1.165) is 16.5 Å². The first-order chi connectivity index (χ1) is 10.1. The second-order valence-electron chi connectivity index (χ2n) is 4.73. The minimum atomic E-state index is -1.14. The van der Waals surface area contributed by atoms with Crippen LogP contribution < -0.4 is 11.1 Å². The van der Waals surface area contributed by atoms with Gasteiger partial charge in [0.15, 0.2) is 11.6 Å². The Labute approximate surface area is 124 Å². The number of carbonyl (C=O) groups excluding carboxylic acids is 1. The third-order valence-corrected chi connectivity index (χ3v) is 4.63. The normalized spacial score (nSPS) is 16.6. The molecule has 21 heavy (non-hydrogen) atoms. The van der Waals surface area contributed by atoms with Crippen LogP contribution in [-0.2, 0) is 11.2 Å². The van der Waals surface area contributed by atoms with E-state index in [4.69, 9.17) is 5.73 Å². The van der Waals surface area contributed by atoms with Crippen molar-refractivity contribution in [1.29, 1.82) is 0 Å². The Balaban J connectivity index is 1.79. The number of rotatable bonds is 2. The van der Waals surface area contributed by atoms with Gasteiger partial charge in [-0.3, -0.25) is 4.79 Å². The minimum Gasteiger partial charge on any atom is -0.397 e. The maximum absolute atomic E-state index is 13.7. The van der Waals surface area contributed by atoms with Crippen LogP contribution in [-0.4, -0.2) is 11.2 Å². The molecule has 108 valence electrons. The van der Waals surface area contributed by atoms with Gasteiger partial charge in [-0.2, -0.15) is 0 Å². The number of carbonyl (C=O) groups is 1. The number of benzene rings is 2. The fraction of sp³-hybridized carbons (Fsp3) is 0.133. The van der Waals surface area contributed by atoms with Crippen LogP contribution in [0.5, 0.6) is 0 Å². The maximum atomic E-state index is 13.7. The Hall–Kier alpha value is -2.08. The lowest BCUT2D eigenvalue weighted by Crippen LogP contribution is -2.25. The molecule has 3 N–H and O–H groups in total. The summed E-state index contributed by atoms with van der Waals surface area (Å²) < 4.78 is 26.9. The van der Waals surface area contributed by atoms with E-state index in [1.165, 1.54) is 17.8 Å². The van der Waals surface area contributed by atoms with Crippen LogP contribution in [0.25, 0.3) is 0 Å². The molecule has 3 rings (SSSR count). The number of fused-ring (bicyclic) bond motifs is 1. The van der Waals surface area contributed by atoms with E-state index >= 15 is 0 Å². The molecule has 0 radical (unpaired) electrons. The van der Waals surface area contributed by atoms with E-state index < -0.39 is 11.6 Å². The summed E-state index contributed by atoms with van der Waals surface area (Å²) in [6, 6.07) is 9.85. The van der Waals surface area contributed by atoms with Gasteiger partial charge in [0, 0.05) is 4.90 Å². The van der Waals surface area contributed by atoms with E-state index in [1.807, 2.05) is 24.3 Å². The van der Waals surface area contributed by atoms with Gasteiger partial charge in [0.25, 0.3) is 0 Å². The van der Waals surface area contributed by atoms with Crippen LogP contribution in [0.1, 0.15) is 5.56 Å². The van der Waals surface area contributed by atoms with E-state index in [0.29, 0.717) is 6.42 Å². The number of hydrogen-bond donors (Lipinski definition) is 2. The number of amides is 1. The molecule has 1 aliphatic heterocycles. The van der Waals surface area contributed by atoms with Crippen molar-refractivity contribution in [3.8, 4) is 0 Å². The average Bonchev–Trinajstić information content (AvgIpc) is 2.91. The third-order valence-electron chi connectivity index (χ3n) is 3.31. The quantitative estimate of drug-likeness (QED) is 0.838. The zero-order valence-corrected chi connectivity index (χ0v) is 11.7. The molecule has 0 fully saturated rings. The summed E-state index contributed by atoms with van der Waals surface area (Å²) in [7, 11) is 0. The minimum absolute atomic E-state index is 0.00256. The molecule has 0 saturated heterocycles. The maximum Gasteiger partial charge on any atom is 0.238 e. The molecule has 1 amide bonds. The molecular weight excluding hydrogens is 294 g/mol. The predicted octanol–water partition coefficient (Wildman–Crippen LogP) is 3.20. The van der Waals surface area contributed by atoms with Crippen LogP contribution in [0.3, 0.4) is 0 Å². The van der Waals surface area contributed by atoms with Gasteiger partial charge in [-0.15, -0.1) is 11.8 Å². The number of hydrogen-bond acceptors (Lipinski definition) is 3. The standard InChI is InChI=1S/C15H12F2N2OS/c16-9-5-6-10(18)14(13(9)17)19-15(20)12-7-8-3-1-2-4-11(8)21-12/h1-6,12H,7,18H2,(H,19,20). The number of nitrogens with one attached hydrogen (secondary N) is 1. The predicted molar refractivity (Wildman–Crippen MR) is 79.2 cm³/mol. The molecule has 0 aromatic heterocycles. The molecule has 0 bridgehead atoms. The molecular formula is C15H12F2N2OS. The van der Waals surface area contributed by atoms with Crippen LogP contribution in [0, 0.1) is 11.6 Å². The van der Waals surface area contributed by atoms with Gasteiger partial charge >= 0.3 is 0 Å². The Morgan fingerprint density at radius 2 is 2.00 bits per heavy atom. The second kappa shape index (κ2) is 5.37. The number of halogens is 2. The molecule has 1 unspecified atom stereocenters. The van der Waals surface area contributed by atoms with E-state index in [9.17, 15) is 13.6 Å². The summed E-state index contributed by atoms with van der Waals surface area (Å²) in [5.74, 6) is -2.56. The van der Waals surface area contributed by atoms with Crippen molar-refractivity contribution in [1.82, 2.24) is 0 Å². The van der Waals surface area contributed by atoms with Crippen molar-refractivity contribution >= 4 is 29.0 Å². The first kappa shape index (κ1) is 13.9. The topological polar surface area (TPSA) is 55.1 Å². The number of thioether (sulfide) groups is 1. The van der Waals surface area contributed by atoms with Gasteiger partial charge in [0.05, 0.1) is 10.9 Å². The second-order valence-corrected chi connectivity index (χ2v) is 5.98. The van der Waals surface area contributed by atoms with E-state index in [2.05, 4.69) is 5.32 Å². The van der Waals surface area contributed by atoms with Crippen LogP contribution in [0.2, 0.25) is 0 Å². The first-order valence-electron chi connectivity index (χ1n) is 6.35. The molecule has 3 nitrogen and oxygen atoms in total.